The van der Waals surface area contributed by atoms with Crippen LogP contribution in [0.1, 0.15) is 59.2 Å². The molecule has 2 aromatic carbocycles. The van der Waals surface area contributed by atoms with E-state index in [4.69, 9.17) is 18.9 Å². The van der Waals surface area contributed by atoms with Gasteiger partial charge in [0.2, 0.25) is 0 Å². The van der Waals surface area contributed by atoms with Crippen molar-refractivity contribution >= 4 is 20.0 Å². The number of rotatable bonds is 16. The van der Waals surface area contributed by atoms with E-state index < -0.39 is 5.92 Å². The van der Waals surface area contributed by atoms with Gasteiger partial charge in [0.05, 0.1) is 34.4 Å². The first-order valence-electron chi connectivity index (χ1n) is 11.4. The van der Waals surface area contributed by atoms with Gasteiger partial charge < -0.3 is 18.9 Å². The van der Waals surface area contributed by atoms with Crippen LogP contribution in [-0.4, -0.2) is 46.2 Å². The maximum atomic E-state index is 13.8. The van der Waals surface area contributed by atoms with Crippen LogP contribution in [0.5, 0.6) is 23.0 Å². The van der Waals surface area contributed by atoms with E-state index in [0.717, 1.165) is 25.7 Å². The van der Waals surface area contributed by atoms with Crippen LogP contribution >= 0.6 is 8.46 Å². The molecule has 1 unspecified atom stereocenters. The zero-order valence-corrected chi connectivity index (χ0v) is 21.3. The lowest BCUT2D eigenvalue weighted by Crippen LogP contribution is -2.26. The normalized spacial score (nSPS) is 10.9. The fourth-order valence-corrected chi connectivity index (χ4v) is 4.39. The average Bonchev–Trinajstić information content (AvgIpc) is 2.88. The van der Waals surface area contributed by atoms with Crippen molar-refractivity contribution in [2.24, 2.45) is 5.92 Å². The molecular formula is C26H34O7P+. The van der Waals surface area contributed by atoms with Crippen LogP contribution in [0.4, 0.5) is 0 Å². The van der Waals surface area contributed by atoms with Crippen molar-refractivity contribution in [2.75, 3.05) is 34.6 Å². The molecule has 0 fully saturated rings. The van der Waals surface area contributed by atoms with Crippen molar-refractivity contribution in [3.63, 3.8) is 0 Å². The van der Waals surface area contributed by atoms with Gasteiger partial charge in [-0.15, -0.1) is 0 Å². The highest BCUT2D eigenvalue weighted by atomic mass is 31.1. The van der Waals surface area contributed by atoms with Crippen molar-refractivity contribution < 1.29 is 33.1 Å². The Hall–Kier alpha value is -2.92. The van der Waals surface area contributed by atoms with Gasteiger partial charge in [0.25, 0.3) is 0 Å². The van der Waals surface area contributed by atoms with Crippen molar-refractivity contribution in [3.8, 4) is 23.0 Å². The molecule has 7 nitrogen and oxygen atoms in total. The minimum atomic E-state index is -0.960. The molecular weight excluding hydrogens is 455 g/mol. The predicted octanol–water partition coefficient (Wildman–Crippen LogP) is 5.77. The van der Waals surface area contributed by atoms with Crippen LogP contribution in [0.25, 0.3) is 0 Å². The highest BCUT2D eigenvalue weighted by molar-refractivity contribution is 7.23. The fourth-order valence-electron chi connectivity index (χ4n) is 3.99. The first-order chi connectivity index (χ1) is 16.5. The molecule has 0 aromatic heterocycles. The second kappa shape index (κ2) is 14.4. The molecule has 0 bridgehead atoms. The Morgan fingerprint density at radius 3 is 1.44 bits per heavy atom. The SMILES string of the molecule is COc1cccc(OC)c1C(=O)C(CCCCCCC[PH+]=O)C(=O)c1c(OC)cccc1OC. The molecule has 184 valence electrons. The molecule has 2 aromatic rings. The highest BCUT2D eigenvalue weighted by Gasteiger charge is 2.35. The van der Waals surface area contributed by atoms with Gasteiger partial charge in [-0.2, -0.15) is 0 Å². The van der Waals surface area contributed by atoms with Gasteiger partial charge in [0.15, 0.2) is 11.6 Å². The van der Waals surface area contributed by atoms with Crippen molar-refractivity contribution in [2.45, 2.75) is 38.5 Å². The topological polar surface area (TPSA) is 88.1 Å². The summed E-state index contributed by atoms with van der Waals surface area (Å²) < 4.78 is 32.4. The third kappa shape index (κ3) is 6.80. The number of carbonyl (C=O) groups is 2. The standard InChI is InChI=1S/C26H33O7P/c1-30-19-13-10-14-20(31-2)23(19)25(27)18(12-8-6-5-7-9-17-34-29)26(28)24-21(32-3)15-11-16-22(24)33-4/h10-11,13-16,18H,5-9,12,17H2,1-4H3/p+1. The van der Waals surface area contributed by atoms with Gasteiger partial charge >= 0.3 is 8.46 Å². The third-order valence-electron chi connectivity index (χ3n) is 5.75. The molecule has 0 amide bonds. The first-order valence-corrected chi connectivity index (χ1v) is 12.5. The van der Waals surface area contributed by atoms with Gasteiger partial charge in [0, 0.05) is 0 Å². The molecule has 0 aliphatic rings. The lowest BCUT2D eigenvalue weighted by Gasteiger charge is -2.20. The number of Topliss-reactive ketones (excluding diaryl/α,β-unsaturated/α-hetero) is 2. The highest BCUT2D eigenvalue weighted by Crippen LogP contribution is 2.36. The van der Waals surface area contributed by atoms with Gasteiger partial charge in [-0.3, -0.25) is 9.59 Å². The van der Waals surface area contributed by atoms with Gasteiger partial charge in [0.1, 0.15) is 40.3 Å². The van der Waals surface area contributed by atoms with Crippen molar-refractivity contribution in [1.29, 1.82) is 0 Å². The first kappa shape index (κ1) is 27.3. The van der Waals surface area contributed by atoms with E-state index in [1.54, 1.807) is 36.4 Å². The largest absolute Gasteiger partial charge is 0.496 e. The molecule has 0 aliphatic carbocycles. The van der Waals surface area contributed by atoms with E-state index >= 15 is 0 Å². The number of hydrogen-bond acceptors (Lipinski definition) is 7. The molecule has 0 heterocycles. The summed E-state index contributed by atoms with van der Waals surface area (Å²) in [6, 6.07) is 10.2. The number of ketones is 2. The molecule has 0 N–H and O–H groups in total. The van der Waals surface area contributed by atoms with E-state index in [-0.39, 0.29) is 31.2 Å². The Labute approximate surface area is 202 Å². The number of carbonyl (C=O) groups excluding carboxylic acids is 2. The van der Waals surface area contributed by atoms with Crippen LogP contribution in [0.3, 0.4) is 0 Å². The number of ether oxygens (including phenoxy) is 4. The van der Waals surface area contributed by atoms with Crippen LogP contribution in [0, 0.1) is 5.92 Å². The zero-order chi connectivity index (χ0) is 24.9. The summed E-state index contributed by atoms with van der Waals surface area (Å²) in [6.45, 7) is 0. The number of hydrogen-bond donors (Lipinski definition) is 0. The lowest BCUT2D eigenvalue weighted by molar-refractivity contribution is 0.0790. The Morgan fingerprint density at radius 2 is 1.06 bits per heavy atom. The summed E-state index contributed by atoms with van der Waals surface area (Å²) in [5.41, 5.74) is 0.493. The van der Waals surface area contributed by atoms with E-state index in [1.165, 1.54) is 28.4 Å². The van der Waals surface area contributed by atoms with Gasteiger partial charge in [-0.25, -0.2) is 0 Å². The molecule has 8 heteroatoms. The summed E-state index contributed by atoms with van der Waals surface area (Å²) in [7, 11) is 5.66. The van der Waals surface area contributed by atoms with Gasteiger partial charge in [-0.1, -0.05) is 36.0 Å². The predicted molar refractivity (Wildman–Crippen MR) is 133 cm³/mol. The second-order valence-electron chi connectivity index (χ2n) is 7.81. The summed E-state index contributed by atoms with van der Waals surface area (Å²) in [5.74, 6) is -0.265. The van der Waals surface area contributed by atoms with Crippen LogP contribution in [-0.2, 0) is 4.57 Å². The summed E-state index contributed by atoms with van der Waals surface area (Å²) in [4.78, 5) is 27.7. The van der Waals surface area contributed by atoms with Gasteiger partial charge in [-0.05, 0) is 43.5 Å². The Morgan fingerprint density at radius 1 is 0.676 bits per heavy atom. The lowest BCUT2D eigenvalue weighted by atomic mass is 9.84. The maximum absolute atomic E-state index is 13.8. The monoisotopic (exact) mass is 489 g/mol. The molecule has 0 saturated carbocycles. The zero-order valence-electron chi connectivity index (χ0n) is 20.3. The summed E-state index contributed by atoms with van der Waals surface area (Å²) in [5, 5.41) is 0. The second-order valence-corrected chi connectivity index (χ2v) is 8.60. The minimum absolute atomic E-state index is 0.246. The summed E-state index contributed by atoms with van der Waals surface area (Å²) >= 11 is 0. The summed E-state index contributed by atoms with van der Waals surface area (Å²) in [6.07, 6.45) is 5.48. The Bertz CT molecular complexity index is 862. The van der Waals surface area contributed by atoms with Crippen LogP contribution in [0.2, 0.25) is 0 Å². The van der Waals surface area contributed by atoms with E-state index in [1.807, 2.05) is 0 Å². The molecule has 0 spiro atoms. The number of methoxy groups -OCH3 is 4. The van der Waals surface area contributed by atoms with E-state index in [2.05, 4.69) is 0 Å². The fraction of sp³-hybridized carbons (Fsp3) is 0.462. The average molecular weight is 490 g/mol. The van der Waals surface area contributed by atoms with E-state index in [0.29, 0.717) is 42.0 Å². The van der Waals surface area contributed by atoms with Crippen LogP contribution in [0.15, 0.2) is 36.4 Å². The molecule has 0 saturated heterocycles. The van der Waals surface area contributed by atoms with Crippen LogP contribution < -0.4 is 18.9 Å². The number of unbranched alkanes of at least 4 members (excludes halogenated alkanes) is 4. The minimum Gasteiger partial charge on any atom is -0.496 e. The molecule has 34 heavy (non-hydrogen) atoms. The molecule has 0 radical (unpaired) electrons. The quantitative estimate of drug-likeness (QED) is 0.128. The third-order valence-corrected chi connectivity index (χ3v) is 6.31. The molecule has 1 atom stereocenters. The molecule has 0 aliphatic heterocycles. The smallest absolute Gasteiger partial charge is 0.324 e. The Kier molecular flexibility index (Phi) is 11.5. The van der Waals surface area contributed by atoms with E-state index in [9.17, 15) is 14.2 Å². The molecule has 2 rings (SSSR count). The number of benzene rings is 2. The Balaban J connectivity index is 2.41. The van der Waals surface area contributed by atoms with Crippen molar-refractivity contribution in [3.05, 3.63) is 47.5 Å². The van der Waals surface area contributed by atoms with Crippen molar-refractivity contribution in [1.82, 2.24) is 0 Å². The maximum Gasteiger partial charge on any atom is 0.324 e.